The summed E-state index contributed by atoms with van der Waals surface area (Å²) in [7, 11) is -3.24. The lowest BCUT2D eigenvalue weighted by Crippen LogP contribution is -2.59. The molecule has 2 amide bonds. The predicted octanol–water partition coefficient (Wildman–Crippen LogP) is 3.09. The molecule has 1 aliphatic carbocycles. The maximum absolute atomic E-state index is 13.1. The largest absolute Gasteiger partial charge is 0.443 e. The van der Waals surface area contributed by atoms with Crippen LogP contribution in [0.5, 0.6) is 0 Å². The molecule has 2 heterocycles. The van der Waals surface area contributed by atoms with Crippen molar-refractivity contribution < 1.29 is 27.9 Å². The Hall–Kier alpha value is -2.21. The number of benzene rings is 1. The second kappa shape index (κ2) is 12.6. The quantitative estimate of drug-likeness (QED) is 0.335. The minimum atomic E-state index is -3.24. The number of nitrogens with one attached hydrogen (secondary N) is 1. The molecule has 1 aromatic rings. The normalized spacial score (nSPS) is 25.4. The Labute approximate surface area is 245 Å². The van der Waals surface area contributed by atoms with Gasteiger partial charge in [-0.3, -0.25) is 15.0 Å². The van der Waals surface area contributed by atoms with Crippen molar-refractivity contribution in [2.45, 2.75) is 121 Å². The maximum atomic E-state index is 13.1. The van der Waals surface area contributed by atoms with Crippen LogP contribution in [0.4, 0.5) is 4.79 Å². The van der Waals surface area contributed by atoms with E-state index >= 15 is 0 Å². The van der Waals surface area contributed by atoms with E-state index in [1.807, 2.05) is 45.0 Å². The number of rotatable bonds is 11. The minimum absolute atomic E-state index is 0.0264. The van der Waals surface area contributed by atoms with Gasteiger partial charge in [0.2, 0.25) is 15.9 Å². The van der Waals surface area contributed by atoms with E-state index in [9.17, 15) is 23.1 Å². The molecule has 1 saturated carbocycles. The van der Waals surface area contributed by atoms with Gasteiger partial charge in [-0.25, -0.2) is 17.5 Å². The molecule has 2 aliphatic heterocycles. The first-order chi connectivity index (χ1) is 19.2. The molecule has 10 nitrogen and oxygen atoms in total. The Kier molecular flexibility index (Phi) is 9.72. The summed E-state index contributed by atoms with van der Waals surface area (Å²) in [5.74, 6) is -0.165. The first kappa shape index (κ1) is 31.7. The first-order valence-electron chi connectivity index (χ1n) is 15.1. The minimum Gasteiger partial charge on any atom is -0.443 e. The molecule has 3 aliphatic rings. The molecule has 2 bridgehead atoms. The summed E-state index contributed by atoms with van der Waals surface area (Å²) in [6, 6.07) is 6.72. The highest BCUT2D eigenvalue weighted by Crippen LogP contribution is 2.44. The molecular weight excluding hydrogens is 544 g/mol. The van der Waals surface area contributed by atoms with Gasteiger partial charge in [0.1, 0.15) is 11.8 Å². The fraction of sp³-hybridized carbons (Fsp3) is 0.733. The van der Waals surface area contributed by atoms with Crippen LogP contribution in [0.2, 0.25) is 0 Å². The van der Waals surface area contributed by atoms with Gasteiger partial charge in [-0.15, -0.1) is 0 Å². The fourth-order valence-corrected chi connectivity index (χ4v) is 7.83. The zero-order valence-electron chi connectivity index (χ0n) is 25.1. The predicted molar refractivity (Wildman–Crippen MR) is 157 cm³/mol. The second-order valence-corrected chi connectivity index (χ2v) is 15.4. The van der Waals surface area contributed by atoms with E-state index in [4.69, 9.17) is 10.5 Å². The second-order valence-electron chi connectivity index (χ2n) is 12.9. The Morgan fingerprint density at radius 2 is 1.76 bits per heavy atom. The number of ether oxygens (including phenoxy) is 1. The Bertz CT molecular complexity index is 1180. The maximum Gasteiger partial charge on any atom is 0.410 e. The van der Waals surface area contributed by atoms with Gasteiger partial charge in [0.25, 0.3) is 0 Å². The summed E-state index contributed by atoms with van der Waals surface area (Å²) < 4.78 is 32.3. The van der Waals surface area contributed by atoms with Crippen molar-refractivity contribution in [2.75, 3.05) is 13.1 Å². The van der Waals surface area contributed by atoms with Crippen molar-refractivity contribution >= 4 is 22.0 Å². The lowest BCUT2D eigenvalue weighted by atomic mass is 9.89. The number of hydrogen-bond donors (Lipinski definition) is 3. The molecule has 4 N–H and O–H groups in total. The first-order valence-corrected chi connectivity index (χ1v) is 16.6. The van der Waals surface area contributed by atoms with Crippen LogP contribution in [0.25, 0.3) is 0 Å². The summed E-state index contributed by atoms with van der Waals surface area (Å²) in [6.07, 6.45) is 3.58. The Balaban J connectivity index is 1.37. The number of likely N-dealkylation sites (tertiary alicyclic amines) is 1. The van der Waals surface area contributed by atoms with Crippen molar-refractivity contribution in [1.82, 2.24) is 14.5 Å². The van der Waals surface area contributed by atoms with Gasteiger partial charge in [-0.1, -0.05) is 31.2 Å². The molecule has 4 rings (SSSR count). The fourth-order valence-electron chi connectivity index (χ4n) is 6.52. The Morgan fingerprint density at radius 1 is 1.12 bits per heavy atom. The van der Waals surface area contributed by atoms with Crippen molar-refractivity contribution in [3.63, 3.8) is 0 Å². The molecule has 11 heteroatoms. The van der Waals surface area contributed by atoms with Crippen LogP contribution in [-0.4, -0.2) is 83.0 Å². The number of carbonyl (C=O) groups is 2. The summed E-state index contributed by atoms with van der Waals surface area (Å²) in [5, 5.41) is 13.9. The summed E-state index contributed by atoms with van der Waals surface area (Å²) in [6.45, 7) is 10.2. The number of sulfonamides is 1. The summed E-state index contributed by atoms with van der Waals surface area (Å²) in [5.41, 5.74) is 7.18. The lowest BCUT2D eigenvalue weighted by Gasteiger charge is -2.40. The standard InChI is InChI=1S/C30H48N4O6S/c1-6-30(4,5)40-29(37)34-24-12-11-23(18-24)26(34)28(36)32-25(27(31)35)17-20-7-9-21(10-8-20)22-13-15-33(16-14-22)41(38,39)19(2)3/h7-10,19,22-26,28,32,36H,6,11-18H2,1-5H3,(H2,31,35)/t23?,24-,25+,26+,28?/m1/s1. The SMILES string of the molecule is CCC(C)(C)OC(=O)N1[C@@H]2CCC(C2)[C@H]1C(O)N[C@@H](Cc1ccc(C2CCN(S(=O)(=O)C(C)C)CC2)cc1)C(N)=O. The van der Waals surface area contributed by atoms with E-state index in [1.54, 1.807) is 23.1 Å². The number of nitrogens with two attached hydrogens (primary N) is 1. The van der Waals surface area contributed by atoms with Crippen LogP contribution in [0.3, 0.4) is 0 Å². The third-order valence-corrected chi connectivity index (χ3v) is 11.7. The van der Waals surface area contributed by atoms with Crippen molar-refractivity contribution in [2.24, 2.45) is 11.7 Å². The monoisotopic (exact) mass is 592 g/mol. The highest BCUT2D eigenvalue weighted by atomic mass is 32.2. The van der Waals surface area contributed by atoms with Gasteiger partial charge >= 0.3 is 6.09 Å². The average molecular weight is 593 g/mol. The number of piperidine rings is 2. The number of aliphatic hydroxyl groups is 1. The van der Waals surface area contributed by atoms with Gasteiger partial charge in [0, 0.05) is 19.1 Å². The molecule has 0 aromatic heterocycles. The topological polar surface area (TPSA) is 142 Å². The number of nitrogens with zero attached hydrogens (tertiary/aromatic N) is 2. The molecule has 0 spiro atoms. The van der Waals surface area contributed by atoms with Crippen LogP contribution >= 0.6 is 0 Å². The highest BCUT2D eigenvalue weighted by Gasteiger charge is 2.52. The molecule has 3 fully saturated rings. The van der Waals surface area contributed by atoms with E-state index in [-0.39, 0.29) is 17.9 Å². The molecule has 5 atom stereocenters. The molecule has 0 radical (unpaired) electrons. The molecule has 230 valence electrons. The van der Waals surface area contributed by atoms with Gasteiger partial charge in [-0.05, 0) is 95.6 Å². The van der Waals surface area contributed by atoms with Crippen LogP contribution in [0.1, 0.15) is 90.2 Å². The van der Waals surface area contributed by atoms with E-state index in [0.717, 1.165) is 43.2 Å². The van der Waals surface area contributed by atoms with Crippen LogP contribution in [-0.2, 0) is 26.0 Å². The van der Waals surface area contributed by atoms with E-state index in [0.29, 0.717) is 25.9 Å². The summed E-state index contributed by atoms with van der Waals surface area (Å²) in [4.78, 5) is 27.2. The smallest absolute Gasteiger partial charge is 0.410 e. The number of hydrogen-bond acceptors (Lipinski definition) is 7. The van der Waals surface area contributed by atoms with Crippen molar-refractivity contribution in [3.05, 3.63) is 35.4 Å². The van der Waals surface area contributed by atoms with Crippen molar-refractivity contribution in [3.8, 4) is 0 Å². The average Bonchev–Trinajstić information content (AvgIpc) is 3.55. The molecule has 2 saturated heterocycles. The van der Waals surface area contributed by atoms with Gasteiger partial charge < -0.3 is 15.6 Å². The Morgan fingerprint density at radius 3 is 2.32 bits per heavy atom. The zero-order valence-corrected chi connectivity index (χ0v) is 25.9. The third-order valence-electron chi connectivity index (χ3n) is 9.41. The lowest BCUT2D eigenvalue weighted by molar-refractivity contribution is -0.121. The third kappa shape index (κ3) is 7.06. The number of primary amides is 1. The molecule has 2 unspecified atom stereocenters. The number of carbonyl (C=O) groups excluding carboxylic acids is 2. The van der Waals surface area contributed by atoms with Crippen LogP contribution in [0.15, 0.2) is 24.3 Å². The molecule has 1 aromatic carbocycles. The number of amides is 2. The van der Waals surface area contributed by atoms with Crippen LogP contribution in [0, 0.1) is 5.92 Å². The van der Waals surface area contributed by atoms with E-state index < -0.39 is 51.2 Å². The van der Waals surface area contributed by atoms with Crippen molar-refractivity contribution in [1.29, 1.82) is 0 Å². The summed E-state index contributed by atoms with van der Waals surface area (Å²) >= 11 is 0. The van der Waals surface area contributed by atoms with E-state index in [2.05, 4.69) is 5.32 Å². The molecular formula is C30H48N4O6S. The number of fused-ring (bicyclic) bond motifs is 2. The zero-order chi connectivity index (χ0) is 30.1. The van der Waals surface area contributed by atoms with E-state index in [1.165, 1.54) is 0 Å². The number of aliphatic hydroxyl groups excluding tert-OH is 1. The molecule has 41 heavy (non-hydrogen) atoms. The highest BCUT2D eigenvalue weighted by molar-refractivity contribution is 7.89. The van der Waals surface area contributed by atoms with Gasteiger partial charge in [-0.2, -0.15) is 0 Å². The van der Waals surface area contributed by atoms with Gasteiger partial charge in [0.05, 0.1) is 17.3 Å². The van der Waals surface area contributed by atoms with Crippen LogP contribution < -0.4 is 11.1 Å². The van der Waals surface area contributed by atoms with Gasteiger partial charge in [0.15, 0.2) is 0 Å².